The first-order valence-electron chi connectivity index (χ1n) is 7.37. The second-order valence-corrected chi connectivity index (χ2v) is 4.96. The fourth-order valence-corrected chi connectivity index (χ4v) is 1.99. The van der Waals surface area contributed by atoms with Gasteiger partial charge in [0.05, 0.1) is 26.9 Å². The Morgan fingerprint density at radius 1 is 1.09 bits per heavy atom. The lowest BCUT2D eigenvalue weighted by atomic mass is 10.2. The predicted molar refractivity (Wildman–Crippen MR) is 87.8 cm³/mol. The van der Waals surface area contributed by atoms with Crippen molar-refractivity contribution < 1.29 is 23.7 Å². The number of nitrogens with one attached hydrogen (secondary N) is 1. The van der Waals surface area contributed by atoms with Gasteiger partial charge in [-0.05, 0) is 26.2 Å². The first-order valence-corrected chi connectivity index (χ1v) is 7.37. The minimum absolute atomic E-state index is 0.315. The fourth-order valence-electron chi connectivity index (χ4n) is 1.99. The lowest BCUT2D eigenvalue weighted by Gasteiger charge is -2.16. The Hall–Kier alpha value is -1.99. The maximum absolute atomic E-state index is 12.2. The van der Waals surface area contributed by atoms with Crippen LogP contribution >= 0.6 is 0 Å². The molecule has 1 aromatic carbocycles. The van der Waals surface area contributed by atoms with E-state index in [2.05, 4.69) is 10.2 Å². The molecule has 0 aliphatic rings. The van der Waals surface area contributed by atoms with Crippen LogP contribution in [-0.4, -0.2) is 72.5 Å². The zero-order valence-electron chi connectivity index (χ0n) is 14.5. The third-order valence-electron chi connectivity index (χ3n) is 3.35. The van der Waals surface area contributed by atoms with Crippen LogP contribution in [0.15, 0.2) is 12.1 Å². The molecule has 23 heavy (non-hydrogen) atoms. The summed E-state index contributed by atoms with van der Waals surface area (Å²) < 4.78 is 21.0. The molecule has 7 nitrogen and oxygen atoms in total. The summed E-state index contributed by atoms with van der Waals surface area (Å²) in [5.74, 6) is 0.861. The first kappa shape index (κ1) is 19.1. The molecule has 130 valence electrons. The number of carbonyl (C=O) groups excluding carboxylic acids is 1. The molecule has 0 aliphatic heterocycles. The molecule has 1 rings (SSSR count). The molecule has 1 N–H and O–H groups in total. The Labute approximate surface area is 137 Å². The molecule has 0 bridgehead atoms. The minimum atomic E-state index is -0.425. The molecule has 0 saturated heterocycles. The van der Waals surface area contributed by atoms with E-state index in [1.54, 1.807) is 12.1 Å². The topological polar surface area (TPSA) is 69.3 Å². The van der Waals surface area contributed by atoms with Crippen molar-refractivity contribution in [1.29, 1.82) is 0 Å². The Morgan fingerprint density at radius 3 is 2.17 bits per heavy atom. The largest absolute Gasteiger partial charge is 0.493 e. The maximum Gasteiger partial charge on any atom is 0.338 e. The summed E-state index contributed by atoms with van der Waals surface area (Å²) in [6.45, 7) is 2.75. The quantitative estimate of drug-likeness (QED) is 0.644. The van der Waals surface area contributed by atoms with Gasteiger partial charge in [0.15, 0.2) is 11.5 Å². The van der Waals surface area contributed by atoms with Gasteiger partial charge in [-0.1, -0.05) is 0 Å². The molecule has 7 heteroatoms. The SMILES string of the molecule is CNCCN(C)CCOC(=O)c1cc(OC)c(OC)c(OC)c1. The van der Waals surface area contributed by atoms with Crippen LogP contribution in [0, 0.1) is 0 Å². The molecule has 0 unspecified atom stereocenters. The highest BCUT2D eigenvalue weighted by molar-refractivity contribution is 5.91. The van der Waals surface area contributed by atoms with E-state index in [0.29, 0.717) is 36.0 Å². The number of carbonyl (C=O) groups is 1. The zero-order chi connectivity index (χ0) is 17.2. The van der Waals surface area contributed by atoms with E-state index in [1.165, 1.54) is 21.3 Å². The summed E-state index contributed by atoms with van der Waals surface area (Å²) in [4.78, 5) is 14.3. The average Bonchev–Trinajstić information content (AvgIpc) is 2.58. The number of hydrogen-bond donors (Lipinski definition) is 1. The van der Waals surface area contributed by atoms with Gasteiger partial charge in [-0.25, -0.2) is 4.79 Å². The number of hydrogen-bond acceptors (Lipinski definition) is 7. The van der Waals surface area contributed by atoms with E-state index in [1.807, 2.05) is 14.1 Å². The number of ether oxygens (including phenoxy) is 4. The van der Waals surface area contributed by atoms with Crippen LogP contribution < -0.4 is 19.5 Å². The van der Waals surface area contributed by atoms with E-state index < -0.39 is 5.97 Å². The number of rotatable bonds is 10. The molecule has 0 radical (unpaired) electrons. The molecular weight excluding hydrogens is 300 g/mol. The molecule has 0 amide bonds. The fraction of sp³-hybridized carbons (Fsp3) is 0.562. The third kappa shape index (κ3) is 5.61. The van der Waals surface area contributed by atoms with Crippen molar-refractivity contribution in [2.45, 2.75) is 0 Å². The number of benzene rings is 1. The van der Waals surface area contributed by atoms with Crippen LogP contribution in [0.4, 0.5) is 0 Å². The van der Waals surface area contributed by atoms with Crippen LogP contribution in [0.3, 0.4) is 0 Å². The van der Waals surface area contributed by atoms with Crippen molar-refractivity contribution in [1.82, 2.24) is 10.2 Å². The standard InChI is InChI=1S/C16H26N2O5/c1-17-6-7-18(2)8-9-23-16(19)12-10-13(20-3)15(22-5)14(11-12)21-4/h10-11,17H,6-9H2,1-5H3. The Kier molecular flexibility index (Phi) is 8.21. The highest BCUT2D eigenvalue weighted by atomic mass is 16.5. The van der Waals surface area contributed by atoms with Crippen molar-refractivity contribution >= 4 is 5.97 Å². The molecule has 0 spiro atoms. The molecule has 0 saturated carbocycles. The van der Waals surface area contributed by atoms with Gasteiger partial charge in [0, 0.05) is 19.6 Å². The number of nitrogens with zero attached hydrogens (tertiary/aromatic N) is 1. The van der Waals surface area contributed by atoms with Crippen molar-refractivity contribution in [3.8, 4) is 17.2 Å². The molecule has 0 heterocycles. The number of methoxy groups -OCH3 is 3. The van der Waals surface area contributed by atoms with Gasteiger partial charge in [0.2, 0.25) is 5.75 Å². The lowest BCUT2D eigenvalue weighted by Crippen LogP contribution is -2.30. The summed E-state index contributed by atoms with van der Waals surface area (Å²) in [7, 11) is 8.40. The van der Waals surface area contributed by atoms with Crippen molar-refractivity contribution in [2.24, 2.45) is 0 Å². The molecule has 0 atom stereocenters. The molecule has 1 aromatic rings. The highest BCUT2D eigenvalue weighted by Crippen LogP contribution is 2.38. The average molecular weight is 326 g/mol. The summed E-state index contributed by atoms with van der Waals surface area (Å²) in [6.07, 6.45) is 0. The number of likely N-dealkylation sites (N-methyl/N-ethyl adjacent to an activating group) is 2. The molecule has 0 aliphatic carbocycles. The summed E-state index contributed by atoms with van der Waals surface area (Å²) in [5, 5.41) is 3.07. The van der Waals surface area contributed by atoms with Crippen LogP contribution in [0.2, 0.25) is 0 Å². The minimum Gasteiger partial charge on any atom is -0.493 e. The van der Waals surface area contributed by atoms with Crippen molar-refractivity contribution in [3.63, 3.8) is 0 Å². The normalized spacial score (nSPS) is 10.5. The predicted octanol–water partition coefficient (Wildman–Crippen LogP) is 1.02. The van der Waals surface area contributed by atoms with Crippen molar-refractivity contribution in [3.05, 3.63) is 17.7 Å². The van der Waals surface area contributed by atoms with Gasteiger partial charge in [-0.3, -0.25) is 0 Å². The van der Waals surface area contributed by atoms with Crippen LogP contribution in [0.5, 0.6) is 17.2 Å². The van der Waals surface area contributed by atoms with E-state index in [9.17, 15) is 4.79 Å². The van der Waals surface area contributed by atoms with Crippen LogP contribution in [0.1, 0.15) is 10.4 Å². The third-order valence-corrected chi connectivity index (χ3v) is 3.35. The zero-order valence-corrected chi connectivity index (χ0v) is 14.5. The maximum atomic E-state index is 12.2. The smallest absolute Gasteiger partial charge is 0.338 e. The number of esters is 1. The van der Waals surface area contributed by atoms with E-state index in [4.69, 9.17) is 18.9 Å². The first-order chi connectivity index (χ1) is 11.1. The molecule has 0 aromatic heterocycles. The molecular formula is C16H26N2O5. The lowest BCUT2D eigenvalue weighted by molar-refractivity contribution is 0.0473. The van der Waals surface area contributed by atoms with E-state index >= 15 is 0 Å². The second kappa shape index (κ2) is 9.91. The van der Waals surface area contributed by atoms with Gasteiger partial charge in [0.25, 0.3) is 0 Å². The van der Waals surface area contributed by atoms with Crippen LogP contribution in [-0.2, 0) is 4.74 Å². The Balaban J connectivity index is 2.69. The van der Waals surface area contributed by atoms with Gasteiger partial charge in [0.1, 0.15) is 6.61 Å². The van der Waals surface area contributed by atoms with Crippen molar-refractivity contribution in [2.75, 3.05) is 61.7 Å². The van der Waals surface area contributed by atoms with Gasteiger partial charge >= 0.3 is 5.97 Å². The monoisotopic (exact) mass is 326 g/mol. The van der Waals surface area contributed by atoms with E-state index in [-0.39, 0.29) is 0 Å². The molecule has 0 fully saturated rings. The van der Waals surface area contributed by atoms with Gasteiger partial charge < -0.3 is 29.2 Å². The summed E-state index contributed by atoms with van der Waals surface area (Å²) >= 11 is 0. The second-order valence-electron chi connectivity index (χ2n) is 4.96. The summed E-state index contributed by atoms with van der Waals surface area (Å²) in [6, 6.07) is 3.16. The van der Waals surface area contributed by atoms with Gasteiger partial charge in [-0.2, -0.15) is 0 Å². The van der Waals surface area contributed by atoms with Crippen LogP contribution in [0.25, 0.3) is 0 Å². The van der Waals surface area contributed by atoms with E-state index in [0.717, 1.165) is 13.1 Å². The summed E-state index contributed by atoms with van der Waals surface area (Å²) in [5.41, 5.74) is 0.359. The van der Waals surface area contributed by atoms with Gasteiger partial charge in [-0.15, -0.1) is 0 Å². The highest BCUT2D eigenvalue weighted by Gasteiger charge is 2.17. The Morgan fingerprint density at radius 2 is 1.70 bits per heavy atom. The Bertz CT molecular complexity index is 482.